The number of rotatable bonds is 5. The lowest BCUT2D eigenvalue weighted by molar-refractivity contribution is -0.139. The number of carbonyl (C=O) groups is 1. The fourth-order valence-corrected chi connectivity index (χ4v) is 2.28. The molecule has 2 rings (SSSR count). The molecular formula is C19H21F2NO2. The molecule has 3 nitrogen and oxygen atoms in total. The van der Waals surface area contributed by atoms with Gasteiger partial charge in [0.1, 0.15) is 5.82 Å². The Kier molecular flexibility index (Phi) is 5.54. The zero-order valence-corrected chi connectivity index (χ0v) is 14.1. The van der Waals surface area contributed by atoms with E-state index >= 15 is 0 Å². The van der Waals surface area contributed by atoms with Gasteiger partial charge in [-0.3, -0.25) is 4.79 Å². The van der Waals surface area contributed by atoms with Crippen LogP contribution in [0.4, 0.5) is 8.78 Å². The predicted molar refractivity (Wildman–Crippen MR) is 88.6 cm³/mol. The minimum absolute atomic E-state index is 0.140. The maximum Gasteiger partial charge on any atom is 0.261 e. The minimum atomic E-state index is -0.826. The number of hydrogen-bond donors (Lipinski definition) is 0. The SMILES string of the molecule is CC(C)(C)N(Cc1ccccc1)C(=O)COc1ccc(F)cc1F. The number of halogens is 2. The van der Waals surface area contributed by atoms with Crippen LogP contribution >= 0.6 is 0 Å². The van der Waals surface area contributed by atoms with Crippen LogP contribution in [0.3, 0.4) is 0 Å². The van der Waals surface area contributed by atoms with Crippen molar-refractivity contribution in [3.05, 3.63) is 65.7 Å². The molecule has 0 saturated carbocycles. The van der Waals surface area contributed by atoms with Crippen LogP contribution in [0.15, 0.2) is 48.5 Å². The average Bonchev–Trinajstić information content (AvgIpc) is 2.51. The Labute approximate surface area is 140 Å². The maximum absolute atomic E-state index is 13.6. The van der Waals surface area contributed by atoms with Gasteiger partial charge in [0, 0.05) is 18.2 Å². The van der Waals surface area contributed by atoms with E-state index in [1.165, 1.54) is 6.07 Å². The zero-order chi connectivity index (χ0) is 17.7. The van der Waals surface area contributed by atoms with Crippen LogP contribution < -0.4 is 4.74 Å². The normalized spacial score (nSPS) is 11.2. The first-order valence-corrected chi connectivity index (χ1v) is 7.69. The molecule has 0 aliphatic heterocycles. The number of amides is 1. The third-order valence-electron chi connectivity index (χ3n) is 3.54. The van der Waals surface area contributed by atoms with Crippen molar-refractivity contribution in [3.63, 3.8) is 0 Å². The van der Waals surface area contributed by atoms with Crippen LogP contribution in [0, 0.1) is 11.6 Å². The quantitative estimate of drug-likeness (QED) is 0.822. The van der Waals surface area contributed by atoms with Crippen molar-refractivity contribution in [3.8, 4) is 5.75 Å². The molecule has 2 aromatic rings. The van der Waals surface area contributed by atoms with E-state index in [2.05, 4.69) is 0 Å². The van der Waals surface area contributed by atoms with Crippen molar-refractivity contribution >= 4 is 5.91 Å². The second kappa shape index (κ2) is 7.43. The molecule has 128 valence electrons. The third kappa shape index (κ3) is 4.78. The van der Waals surface area contributed by atoms with E-state index in [1.807, 2.05) is 51.1 Å². The van der Waals surface area contributed by atoms with E-state index in [9.17, 15) is 13.6 Å². The molecule has 0 heterocycles. The lowest BCUT2D eigenvalue weighted by Gasteiger charge is -2.35. The van der Waals surface area contributed by atoms with Crippen LogP contribution in [-0.4, -0.2) is 23.0 Å². The van der Waals surface area contributed by atoms with Crippen molar-refractivity contribution in [2.75, 3.05) is 6.61 Å². The predicted octanol–water partition coefficient (Wildman–Crippen LogP) is 4.17. The molecule has 0 spiro atoms. The molecule has 0 aliphatic carbocycles. The summed E-state index contributed by atoms with van der Waals surface area (Å²) in [6, 6.07) is 12.6. The van der Waals surface area contributed by atoms with Gasteiger partial charge in [-0.25, -0.2) is 8.78 Å². The standard InChI is InChI=1S/C19H21F2NO2/c1-19(2,3)22(12-14-7-5-4-6-8-14)18(23)13-24-17-10-9-15(20)11-16(17)21/h4-11H,12-13H2,1-3H3. The molecule has 0 aliphatic rings. The molecule has 0 N–H and O–H groups in total. The number of hydrogen-bond acceptors (Lipinski definition) is 2. The lowest BCUT2D eigenvalue weighted by atomic mass is 10.0. The van der Waals surface area contributed by atoms with E-state index in [4.69, 9.17) is 4.74 Å². The van der Waals surface area contributed by atoms with Crippen LogP contribution in [-0.2, 0) is 11.3 Å². The number of benzene rings is 2. The van der Waals surface area contributed by atoms with Gasteiger partial charge in [0.2, 0.25) is 0 Å². The molecule has 0 radical (unpaired) electrons. The minimum Gasteiger partial charge on any atom is -0.481 e. The van der Waals surface area contributed by atoms with Crippen molar-refractivity contribution in [1.29, 1.82) is 0 Å². The largest absolute Gasteiger partial charge is 0.481 e. The Morgan fingerprint density at radius 3 is 2.33 bits per heavy atom. The van der Waals surface area contributed by atoms with Gasteiger partial charge < -0.3 is 9.64 Å². The summed E-state index contributed by atoms with van der Waals surface area (Å²) in [4.78, 5) is 14.2. The van der Waals surface area contributed by atoms with Crippen molar-refractivity contribution in [1.82, 2.24) is 4.90 Å². The summed E-state index contributed by atoms with van der Waals surface area (Å²) >= 11 is 0. The smallest absolute Gasteiger partial charge is 0.261 e. The Bertz CT molecular complexity index is 696. The van der Waals surface area contributed by atoms with Crippen molar-refractivity contribution in [2.24, 2.45) is 0 Å². The average molecular weight is 333 g/mol. The first kappa shape index (κ1) is 17.9. The van der Waals surface area contributed by atoms with Gasteiger partial charge >= 0.3 is 0 Å². The first-order valence-electron chi connectivity index (χ1n) is 7.69. The summed E-state index contributed by atoms with van der Waals surface area (Å²) < 4.78 is 31.7. The van der Waals surface area contributed by atoms with Gasteiger partial charge in [-0.2, -0.15) is 0 Å². The van der Waals surface area contributed by atoms with Gasteiger partial charge in [0.25, 0.3) is 5.91 Å². The summed E-state index contributed by atoms with van der Waals surface area (Å²) in [5, 5.41) is 0. The lowest BCUT2D eigenvalue weighted by Crippen LogP contribution is -2.47. The molecule has 0 saturated heterocycles. The summed E-state index contributed by atoms with van der Waals surface area (Å²) in [5.74, 6) is -1.92. The second-order valence-corrected chi connectivity index (χ2v) is 6.50. The maximum atomic E-state index is 13.6. The molecule has 2 aromatic carbocycles. The monoisotopic (exact) mass is 333 g/mol. The highest BCUT2D eigenvalue weighted by Gasteiger charge is 2.27. The molecule has 24 heavy (non-hydrogen) atoms. The van der Waals surface area contributed by atoms with Gasteiger partial charge in [-0.1, -0.05) is 30.3 Å². The van der Waals surface area contributed by atoms with E-state index in [0.717, 1.165) is 17.7 Å². The van der Waals surface area contributed by atoms with Gasteiger partial charge in [-0.15, -0.1) is 0 Å². The summed E-state index contributed by atoms with van der Waals surface area (Å²) in [6.07, 6.45) is 0. The van der Waals surface area contributed by atoms with E-state index in [0.29, 0.717) is 6.54 Å². The van der Waals surface area contributed by atoms with Crippen LogP contribution in [0.25, 0.3) is 0 Å². The van der Waals surface area contributed by atoms with Crippen LogP contribution in [0.1, 0.15) is 26.3 Å². The molecule has 0 atom stereocenters. The number of ether oxygens (including phenoxy) is 1. The first-order chi connectivity index (χ1) is 11.3. The fraction of sp³-hybridized carbons (Fsp3) is 0.316. The highest BCUT2D eigenvalue weighted by Crippen LogP contribution is 2.20. The van der Waals surface area contributed by atoms with Crippen molar-refractivity contribution in [2.45, 2.75) is 32.9 Å². The highest BCUT2D eigenvalue weighted by molar-refractivity contribution is 5.78. The Morgan fingerprint density at radius 2 is 1.75 bits per heavy atom. The third-order valence-corrected chi connectivity index (χ3v) is 3.54. The summed E-state index contributed by atoms with van der Waals surface area (Å²) in [6.45, 7) is 5.88. The van der Waals surface area contributed by atoms with Crippen molar-refractivity contribution < 1.29 is 18.3 Å². The molecule has 0 fully saturated rings. The molecular weight excluding hydrogens is 312 g/mol. The number of carbonyl (C=O) groups excluding carboxylic acids is 1. The molecule has 0 bridgehead atoms. The molecule has 1 amide bonds. The van der Waals surface area contributed by atoms with Crippen LogP contribution in [0.5, 0.6) is 5.75 Å². The van der Waals surface area contributed by atoms with Gasteiger partial charge in [-0.05, 0) is 38.5 Å². The van der Waals surface area contributed by atoms with Gasteiger partial charge in [0.05, 0.1) is 0 Å². The highest BCUT2D eigenvalue weighted by atomic mass is 19.1. The van der Waals surface area contributed by atoms with E-state index in [1.54, 1.807) is 4.90 Å². The molecule has 0 unspecified atom stereocenters. The summed E-state index contributed by atoms with van der Waals surface area (Å²) in [5.41, 5.74) is 0.575. The topological polar surface area (TPSA) is 29.5 Å². The van der Waals surface area contributed by atoms with E-state index in [-0.39, 0.29) is 18.3 Å². The zero-order valence-electron chi connectivity index (χ0n) is 14.1. The van der Waals surface area contributed by atoms with Crippen LogP contribution in [0.2, 0.25) is 0 Å². The Morgan fingerprint density at radius 1 is 1.08 bits per heavy atom. The Balaban J connectivity index is 2.08. The summed E-state index contributed by atoms with van der Waals surface area (Å²) in [7, 11) is 0. The second-order valence-electron chi connectivity index (χ2n) is 6.50. The van der Waals surface area contributed by atoms with Gasteiger partial charge in [0.15, 0.2) is 18.2 Å². The number of nitrogens with zero attached hydrogens (tertiary/aromatic N) is 1. The van der Waals surface area contributed by atoms with E-state index < -0.39 is 17.2 Å². The molecule has 0 aromatic heterocycles. The fourth-order valence-electron chi connectivity index (χ4n) is 2.28. The Hall–Kier alpha value is -2.43. The molecule has 5 heteroatoms.